The number of aromatic nitrogens is 2. The van der Waals surface area contributed by atoms with E-state index in [0.29, 0.717) is 26.1 Å². The summed E-state index contributed by atoms with van der Waals surface area (Å²) in [5.41, 5.74) is 1.75. The number of hydrogen-bond donors (Lipinski definition) is 1. The lowest BCUT2D eigenvalue weighted by atomic mass is 9.98. The van der Waals surface area contributed by atoms with Crippen molar-refractivity contribution in [3.63, 3.8) is 0 Å². The number of nitrogens with one attached hydrogen (secondary N) is 1. The monoisotopic (exact) mass is 427 g/mol. The number of aryl methyl sites for hydroxylation is 1. The summed E-state index contributed by atoms with van der Waals surface area (Å²) in [5, 5.41) is 15.0. The molecule has 0 amide bonds. The first-order chi connectivity index (χ1) is 15.0. The van der Waals surface area contributed by atoms with Gasteiger partial charge in [0.05, 0.1) is 17.4 Å². The van der Waals surface area contributed by atoms with Crippen LogP contribution in [-0.2, 0) is 16.0 Å². The second kappa shape index (κ2) is 10.7. The van der Waals surface area contributed by atoms with Crippen LogP contribution in [0.15, 0.2) is 30.6 Å². The first-order valence-corrected chi connectivity index (χ1v) is 10.8. The van der Waals surface area contributed by atoms with Crippen molar-refractivity contribution in [2.45, 2.75) is 46.0 Å². The minimum Gasteiger partial charge on any atom is -0.466 e. The molecule has 1 aliphatic rings. The van der Waals surface area contributed by atoms with E-state index in [1.54, 1.807) is 11.8 Å². The summed E-state index contributed by atoms with van der Waals surface area (Å²) >= 11 is 0. The van der Waals surface area contributed by atoms with Gasteiger partial charge in [0.2, 0.25) is 11.6 Å². The Labute approximate surface area is 182 Å². The zero-order valence-corrected chi connectivity index (χ0v) is 18.0. The van der Waals surface area contributed by atoms with Crippen molar-refractivity contribution in [2.75, 3.05) is 29.9 Å². The van der Waals surface area contributed by atoms with Gasteiger partial charge in [-0.1, -0.05) is 25.5 Å². The van der Waals surface area contributed by atoms with E-state index in [9.17, 15) is 14.9 Å². The molecule has 2 aromatic rings. The molecule has 1 aromatic heterocycles. The summed E-state index contributed by atoms with van der Waals surface area (Å²) in [7, 11) is 0. The van der Waals surface area contributed by atoms with Gasteiger partial charge in [0, 0.05) is 18.8 Å². The predicted molar refractivity (Wildman–Crippen MR) is 119 cm³/mol. The Kier molecular flexibility index (Phi) is 7.75. The second-order valence-electron chi connectivity index (χ2n) is 7.61. The van der Waals surface area contributed by atoms with Gasteiger partial charge in [-0.25, -0.2) is 9.97 Å². The molecule has 1 atom stereocenters. The lowest BCUT2D eigenvalue weighted by Crippen LogP contribution is -2.40. The second-order valence-corrected chi connectivity index (χ2v) is 7.61. The van der Waals surface area contributed by atoms with Gasteiger partial charge in [-0.15, -0.1) is 0 Å². The Balaban J connectivity index is 1.82. The van der Waals surface area contributed by atoms with Crippen molar-refractivity contribution < 1.29 is 14.5 Å². The fourth-order valence-electron chi connectivity index (χ4n) is 3.75. The quantitative estimate of drug-likeness (QED) is 0.359. The summed E-state index contributed by atoms with van der Waals surface area (Å²) in [6.07, 6.45) is 6.00. The van der Waals surface area contributed by atoms with Crippen LogP contribution in [0.25, 0.3) is 0 Å². The Morgan fingerprint density at radius 2 is 2.06 bits per heavy atom. The number of nitro groups is 1. The van der Waals surface area contributed by atoms with E-state index >= 15 is 0 Å². The summed E-state index contributed by atoms with van der Waals surface area (Å²) < 4.78 is 5.14. The first kappa shape index (κ1) is 22.5. The minimum atomic E-state index is -0.471. The largest absolute Gasteiger partial charge is 0.466 e. The summed E-state index contributed by atoms with van der Waals surface area (Å²) in [6.45, 7) is 5.15. The topological polar surface area (TPSA) is 110 Å². The molecular formula is C22H29N5O4. The zero-order valence-electron chi connectivity index (χ0n) is 18.0. The van der Waals surface area contributed by atoms with Crippen LogP contribution in [0.5, 0.6) is 0 Å². The van der Waals surface area contributed by atoms with Crippen LogP contribution in [0.4, 0.5) is 23.0 Å². The molecule has 166 valence electrons. The van der Waals surface area contributed by atoms with Gasteiger partial charge in [-0.3, -0.25) is 14.9 Å². The zero-order chi connectivity index (χ0) is 22.2. The number of hydrogen-bond acceptors (Lipinski definition) is 8. The first-order valence-electron chi connectivity index (χ1n) is 10.8. The predicted octanol–water partition coefficient (Wildman–Crippen LogP) is 4.25. The van der Waals surface area contributed by atoms with Gasteiger partial charge < -0.3 is 15.0 Å². The highest BCUT2D eigenvalue weighted by Crippen LogP contribution is 2.35. The number of benzene rings is 1. The van der Waals surface area contributed by atoms with E-state index in [2.05, 4.69) is 22.2 Å². The van der Waals surface area contributed by atoms with Crippen LogP contribution >= 0.6 is 0 Å². The van der Waals surface area contributed by atoms with Crippen LogP contribution < -0.4 is 10.2 Å². The molecular weight excluding hydrogens is 398 g/mol. The number of anilines is 3. The highest BCUT2D eigenvalue weighted by atomic mass is 16.6. The van der Waals surface area contributed by atoms with Crippen molar-refractivity contribution in [1.29, 1.82) is 0 Å². The standard InChI is InChI=1S/C22H29N5O4/c1-3-5-7-16-9-11-18(12-10-16)25-20-19(27(29)30)21(24-15-23-20)26-13-6-8-17(14-26)22(28)31-4-2/h9-12,15,17H,3-8,13-14H2,1-2H3,(H,23,24,25). The number of unbranched alkanes of at least 4 members (excludes halogenated alkanes) is 1. The van der Waals surface area contributed by atoms with Crippen molar-refractivity contribution in [3.8, 4) is 0 Å². The van der Waals surface area contributed by atoms with Crippen LogP contribution in [0.2, 0.25) is 0 Å². The maximum absolute atomic E-state index is 12.2. The van der Waals surface area contributed by atoms with E-state index in [0.717, 1.165) is 31.4 Å². The molecule has 0 radical (unpaired) electrons. The fraction of sp³-hybridized carbons (Fsp3) is 0.500. The smallest absolute Gasteiger partial charge is 0.353 e. The van der Waals surface area contributed by atoms with Gasteiger partial charge in [0.25, 0.3) is 0 Å². The molecule has 0 aliphatic carbocycles. The molecule has 1 saturated heterocycles. The Bertz CT molecular complexity index is 903. The summed E-state index contributed by atoms with van der Waals surface area (Å²) in [5.74, 6) is -0.244. The highest BCUT2D eigenvalue weighted by Gasteiger charge is 2.33. The molecule has 0 bridgehead atoms. The SMILES string of the molecule is CCCCc1ccc(Nc2ncnc(N3CCCC(C(=O)OCC)C3)c2[N+](=O)[O-])cc1. The number of carbonyl (C=O) groups is 1. The molecule has 1 unspecified atom stereocenters. The summed E-state index contributed by atoms with van der Waals surface area (Å²) in [4.78, 5) is 33.7. The van der Waals surface area contributed by atoms with E-state index in [-0.39, 0.29) is 29.2 Å². The minimum absolute atomic E-state index is 0.134. The maximum Gasteiger partial charge on any atom is 0.353 e. The third kappa shape index (κ3) is 5.68. The molecule has 31 heavy (non-hydrogen) atoms. The van der Waals surface area contributed by atoms with E-state index < -0.39 is 4.92 Å². The number of rotatable bonds is 9. The lowest BCUT2D eigenvalue weighted by Gasteiger charge is -2.32. The summed E-state index contributed by atoms with van der Waals surface area (Å²) in [6, 6.07) is 7.82. The van der Waals surface area contributed by atoms with Crippen molar-refractivity contribution in [2.24, 2.45) is 5.92 Å². The van der Waals surface area contributed by atoms with Crippen molar-refractivity contribution in [1.82, 2.24) is 9.97 Å². The molecule has 1 fully saturated rings. The van der Waals surface area contributed by atoms with Crippen LogP contribution in [0, 0.1) is 16.0 Å². The molecule has 9 heteroatoms. The molecule has 0 saturated carbocycles. The molecule has 0 spiro atoms. The third-order valence-electron chi connectivity index (χ3n) is 5.36. The van der Waals surface area contributed by atoms with E-state index in [4.69, 9.17) is 4.74 Å². The van der Waals surface area contributed by atoms with Gasteiger partial charge >= 0.3 is 11.7 Å². The molecule has 9 nitrogen and oxygen atoms in total. The fourth-order valence-corrected chi connectivity index (χ4v) is 3.75. The van der Waals surface area contributed by atoms with Gasteiger partial charge in [-0.05, 0) is 50.3 Å². The highest BCUT2D eigenvalue weighted by molar-refractivity contribution is 5.77. The number of nitrogens with zero attached hydrogens (tertiary/aromatic N) is 4. The number of piperidine rings is 1. The molecule has 3 rings (SSSR count). The van der Waals surface area contributed by atoms with Gasteiger partial charge in [0.1, 0.15) is 6.33 Å². The molecule has 1 aromatic carbocycles. The average Bonchev–Trinajstić information content (AvgIpc) is 2.78. The molecule has 1 aliphatic heterocycles. The number of esters is 1. The van der Waals surface area contributed by atoms with Gasteiger partial charge in [0.15, 0.2) is 0 Å². The lowest BCUT2D eigenvalue weighted by molar-refractivity contribution is -0.383. The Morgan fingerprint density at radius 3 is 2.74 bits per heavy atom. The number of carbonyl (C=O) groups excluding carboxylic acids is 1. The van der Waals surface area contributed by atoms with Crippen LogP contribution in [0.1, 0.15) is 45.1 Å². The van der Waals surface area contributed by atoms with Crippen molar-refractivity contribution >= 4 is 29.0 Å². The van der Waals surface area contributed by atoms with Crippen LogP contribution in [0.3, 0.4) is 0 Å². The molecule has 2 heterocycles. The maximum atomic E-state index is 12.2. The van der Waals surface area contributed by atoms with E-state index in [1.807, 2.05) is 24.3 Å². The normalized spacial score (nSPS) is 16.1. The third-order valence-corrected chi connectivity index (χ3v) is 5.36. The number of ether oxygens (including phenoxy) is 1. The van der Waals surface area contributed by atoms with Gasteiger partial charge in [-0.2, -0.15) is 0 Å². The van der Waals surface area contributed by atoms with E-state index in [1.165, 1.54) is 11.9 Å². The van der Waals surface area contributed by atoms with Crippen molar-refractivity contribution in [3.05, 3.63) is 46.3 Å². The average molecular weight is 428 g/mol. The van der Waals surface area contributed by atoms with Crippen LogP contribution in [-0.4, -0.2) is 40.6 Å². The molecule has 1 N–H and O–H groups in total. The Hall–Kier alpha value is -3.23. The Morgan fingerprint density at radius 1 is 1.29 bits per heavy atom.